The van der Waals surface area contributed by atoms with E-state index in [-0.39, 0.29) is 22.4 Å². The summed E-state index contributed by atoms with van der Waals surface area (Å²) >= 11 is -1.87. The van der Waals surface area contributed by atoms with Gasteiger partial charge < -0.3 is 4.74 Å². The first-order valence-electron chi connectivity index (χ1n) is 14.4. The fourth-order valence-corrected chi connectivity index (χ4v) is 12.2. The Morgan fingerprint density at radius 2 is 1.18 bits per heavy atom. The van der Waals surface area contributed by atoms with E-state index < -0.39 is 30.7 Å². The van der Waals surface area contributed by atoms with E-state index in [1.54, 1.807) is 12.1 Å². The van der Waals surface area contributed by atoms with E-state index in [0.29, 0.717) is 12.2 Å². The van der Waals surface area contributed by atoms with Crippen LogP contribution in [0.2, 0.25) is 15.8 Å². The van der Waals surface area contributed by atoms with Crippen LogP contribution in [-0.4, -0.2) is 19.9 Å². The number of hydrogen-bond donors (Lipinski definition) is 0. The number of unbranched alkanes of at least 4 members (excludes halogenated alkanes) is 5. The molecule has 0 atom stereocenters. The molecular weight excluding hydrogens is 542 g/mol. The average Bonchev–Trinajstić information content (AvgIpc) is 2.94. The number of halogens is 3. The first-order valence-corrected chi connectivity index (χ1v) is 20.3. The van der Waals surface area contributed by atoms with Crippen LogP contribution < -0.4 is 4.74 Å². The van der Waals surface area contributed by atoms with E-state index in [0.717, 1.165) is 24.5 Å². The molecule has 0 aliphatic carbocycles. The van der Waals surface area contributed by atoms with Crippen LogP contribution in [0.1, 0.15) is 71.8 Å². The van der Waals surface area contributed by atoms with E-state index in [4.69, 9.17) is 4.74 Å². The van der Waals surface area contributed by atoms with Gasteiger partial charge in [0.05, 0.1) is 6.61 Å². The Kier molecular flexibility index (Phi) is 11.8. The molecule has 0 fully saturated rings. The van der Waals surface area contributed by atoms with E-state index in [1.165, 1.54) is 58.8 Å². The van der Waals surface area contributed by atoms with Gasteiger partial charge in [-0.2, -0.15) is 0 Å². The van der Waals surface area contributed by atoms with Crippen LogP contribution in [0, 0.1) is 17.5 Å². The van der Waals surface area contributed by atoms with E-state index in [9.17, 15) is 4.39 Å². The molecule has 3 aromatic carbocycles. The van der Waals surface area contributed by atoms with Gasteiger partial charge >= 0.3 is 164 Å². The Balaban J connectivity index is 1.70. The maximum atomic E-state index is 15.2. The van der Waals surface area contributed by atoms with Gasteiger partial charge in [-0.1, -0.05) is 39.0 Å². The molecular formula is C33H43F3GeO. The van der Waals surface area contributed by atoms with Crippen molar-refractivity contribution < 1.29 is 17.9 Å². The molecule has 0 amide bonds. The monoisotopic (exact) mass is 586 g/mol. The normalized spacial score (nSPS) is 11.7. The van der Waals surface area contributed by atoms with Crippen LogP contribution in [0.3, 0.4) is 0 Å². The van der Waals surface area contributed by atoms with Gasteiger partial charge in [0.2, 0.25) is 0 Å². The van der Waals surface area contributed by atoms with Crippen LogP contribution in [0.15, 0.2) is 54.6 Å². The summed E-state index contributed by atoms with van der Waals surface area (Å²) in [5.41, 5.74) is 2.46. The van der Waals surface area contributed by atoms with Gasteiger partial charge in [0.1, 0.15) is 0 Å². The SMILES string of the molecule is CCCCCCCCOc1ccc(-c2ccc(-c3ccc([CH2][Ge]([CH2]C)([CH2]C)[CH2]C)cc3)c(F)c2F)cc1F. The van der Waals surface area contributed by atoms with Gasteiger partial charge in [-0.3, -0.25) is 0 Å². The molecule has 0 spiro atoms. The Morgan fingerprint density at radius 1 is 0.632 bits per heavy atom. The Morgan fingerprint density at radius 3 is 1.76 bits per heavy atom. The zero-order valence-electron chi connectivity index (χ0n) is 23.5. The van der Waals surface area contributed by atoms with Crippen molar-refractivity contribution in [3.63, 3.8) is 0 Å². The van der Waals surface area contributed by atoms with Crippen LogP contribution in [0.25, 0.3) is 22.3 Å². The Bertz CT molecular complexity index is 1150. The Labute approximate surface area is 230 Å². The summed E-state index contributed by atoms with van der Waals surface area (Å²) in [6.07, 6.45) is 6.73. The number of ether oxygens (including phenoxy) is 1. The first-order chi connectivity index (χ1) is 18.4. The number of benzene rings is 3. The molecule has 0 heterocycles. The van der Waals surface area contributed by atoms with Crippen molar-refractivity contribution in [3.05, 3.63) is 77.6 Å². The molecule has 5 heteroatoms. The fourth-order valence-electron chi connectivity index (χ4n) is 5.21. The standard InChI is InChI=1S/C33H43F3GeO/c1-5-9-10-11-12-13-22-38-31-21-18-27(23-30(31)34)29-20-19-28(32(35)33(29)36)26-16-14-25(15-17-26)24-37(6-2,7-3)8-4/h14-21,23H,5-13,22,24H2,1-4H3. The van der Waals surface area contributed by atoms with Crippen LogP contribution in [-0.2, 0) is 5.25 Å². The summed E-state index contributed by atoms with van der Waals surface area (Å²) in [6, 6.07) is 15.3. The van der Waals surface area contributed by atoms with Gasteiger partial charge in [0, 0.05) is 0 Å². The third kappa shape index (κ3) is 7.68. The number of hydrogen-bond acceptors (Lipinski definition) is 1. The topological polar surface area (TPSA) is 9.23 Å². The third-order valence-corrected chi connectivity index (χ3v) is 20.0. The van der Waals surface area contributed by atoms with Crippen molar-refractivity contribution >= 4 is 13.3 Å². The minimum absolute atomic E-state index is 0.0379. The minimum Gasteiger partial charge on any atom is -0.203 e. The van der Waals surface area contributed by atoms with E-state index in [1.807, 2.05) is 12.1 Å². The fraction of sp³-hybridized carbons (Fsp3) is 0.455. The zero-order chi connectivity index (χ0) is 27.5. The molecule has 0 saturated carbocycles. The second-order valence-electron chi connectivity index (χ2n) is 10.5. The van der Waals surface area contributed by atoms with Crippen molar-refractivity contribution in [2.24, 2.45) is 0 Å². The van der Waals surface area contributed by atoms with Gasteiger partial charge in [0.25, 0.3) is 0 Å². The molecule has 3 aromatic rings. The molecule has 0 N–H and O–H groups in total. The third-order valence-electron chi connectivity index (χ3n) is 8.17. The van der Waals surface area contributed by atoms with Gasteiger partial charge in [-0.25, -0.2) is 4.39 Å². The first kappa shape index (κ1) is 30.3. The van der Waals surface area contributed by atoms with Crippen LogP contribution in [0.4, 0.5) is 13.2 Å². The molecule has 0 saturated heterocycles. The minimum atomic E-state index is -1.87. The maximum absolute atomic E-state index is 15.2. The smallest absolute Gasteiger partial charge is 0.203 e. The van der Waals surface area contributed by atoms with Gasteiger partial charge in [-0.15, -0.1) is 0 Å². The summed E-state index contributed by atoms with van der Waals surface area (Å²) in [7, 11) is 0. The molecule has 0 aromatic heterocycles. The molecule has 38 heavy (non-hydrogen) atoms. The summed E-state index contributed by atoms with van der Waals surface area (Å²) < 4.78 is 50.6. The Hall–Kier alpha value is -2.21. The summed E-state index contributed by atoms with van der Waals surface area (Å²) in [6.45, 7) is 9.55. The van der Waals surface area contributed by atoms with Crippen molar-refractivity contribution in [1.82, 2.24) is 0 Å². The van der Waals surface area contributed by atoms with Crippen molar-refractivity contribution in [2.45, 2.75) is 87.2 Å². The summed E-state index contributed by atoms with van der Waals surface area (Å²) in [5, 5.41) is 5.04. The molecule has 0 unspecified atom stereocenters. The van der Waals surface area contributed by atoms with Crippen molar-refractivity contribution in [2.75, 3.05) is 6.61 Å². The predicted molar refractivity (Wildman–Crippen MR) is 157 cm³/mol. The molecule has 206 valence electrons. The quantitative estimate of drug-likeness (QED) is 0.127. The van der Waals surface area contributed by atoms with Crippen molar-refractivity contribution in [1.29, 1.82) is 0 Å². The molecule has 0 aliphatic rings. The molecule has 0 radical (unpaired) electrons. The van der Waals surface area contributed by atoms with Crippen LogP contribution >= 0.6 is 0 Å². The summed E-state index contributed by atoms with van der Waals surface area (Å²) in [4.78, 5) is 0. The second kappa shape index (κ2) is 14.8. The van der Waals surface area contributed by atoms with Crippen molar-refractivity contribution in [3.8, 4) is 28.0 Å². The van der Waals surface area contributed by atoms with E-state index >= 15 is 8.78 Å². The molecule has 1 nitrogen and oxygen atoms in total. The predicted octanol–water partition coefficient (Wildman–Crippen LogP) is 10.8. The van der Waals surface area contributed by atoms with Crippen LogP contribution in [0.5, 0.6) is 5.75 Å². The average molecular weight is 585 g/mol. The molecule has 3 rings (SSSR count). The second-order valence-corrected chi connectivity index (χ2v) is 22.0. The summed E-state index contributed by atoms with van der Waals surface area (Å²) in [5.74, 6) is -2.31. The van der Waals surface area contributed by atoms with Gasteiger partial charge in [0.15, 0.2) is 5.75 Å². The van der Waals surface area contributed by atoms with Gasteiger partial charge in [-0.05, 0) is 6.42 Å². The number of rotatable bonds is 15. The molecule has 0 aliphatic heterocycles. The van der Waals surface area contributed by atoms with E-state index in [2.05, 4.69) is 39.8 Å². The zero-order valence-corrected chi connectivity index (χ0v) is 25.6. The molecule has 0 bridgehead atoms.